The van der Waals surface area contributed by atoms with Gasteiger partial charge in [0.15, 0.2) is 0 Å². The smallest absolute Gasteiger partial charge is 0.0577 e. The molecule has 4 aliphatic carbocycles. The third-order valence-corrected chi connectivity index (χ3v) is 11.4. The lowest BCUT2D eigenvalue weighted by Gasteiger charge is -2.62. The molecular formula is C28H50O2. The average Bonchev–Trinajstić information content (AvgIpc) is 3.03. The fourth-order valence-electron chi connectivity index (χ4n) is 9.42. The summed E-state index contributed by atoms with van der Waals surface area (Å²) in [7, 11) is 0. The Labute approximate surface area is 186 Å². The molecule has 0 spiro atoms. The first-order chi connectivity index (χ1) is 14.2. The summed E-state index contributed by atoms with van der Waals surface area (Å²) < 4.78 is 0. The molecule has 0 amide bonds. The van der Waals surface area contributed by atoms with Crippen molar-refractivity contribution in [2.45, 2.75) is 124 Å². The monoisotopic (exact) mass is 418 g/mol. The highest BCUT2D eigenvalue weighted by Gasteiger charge is 2.62. The molecule has 0 radical (unpaired) electrons. The first kappa shape index (κ1) is 23.1. The second kappa shape index (κ2) is 8.69. The van der Waals surface area contributed by atoms with Crippen molar-refractivity contribution in [2.75, 3.05) is 0 Å². The molecule has 4 aliphatic rings. The van der Waals surface area contributed by atoms with Crippen molar-refractivity contribution in [1.82, 2.24) is 0 Å². The Kier molecular flexibility index (Phi) is 6.69. The summed E-state index contributed by atoms with van der Waals surface area (Å²) in [5, 5.41) is 21.6. The molecule has 4 unspecified atom stereocenters. The van der Waals surface area contributed by atoms with Gasteiger partial charge in [0, 0.05) is 0 Å². The molecule has 0 aliphatic heterocycles. The van der Waals surface area contributed by atoms with Crippen LogP contribution >= 0.6 is 0 Å². The molecule has 0 aromatic heterocycles. The molecule has 2 nitrogen and oxygen atoms in total. The van der Waals surface area contributed by atoms with Gasteiger partial charge >= 0.3 is 0 Å². The van der Waals surface area contributed by atoms with Gasteiger partial charge < -0.3 is 10.2 Å². The van der Waals surface area contributed by atoms with Gasteiger partial charge in [0.25, 0.3) is 0 Å². The molecule has 0 aromatic rings. The quantitative estimate of drug-likeness (QED) is 0.496. The maximum atomic E-state index is 11.4. The summed E-state index contributed by atoms with van der Waals surface area (Å²) in [6, 6.07) is 0. The van der Waals surface area contributed by atoms with E-state index < -0.39 is 0 Å². The molecule has 0 aromatic carbocycles. The molecule has 4 saturated carbocycles. The second-order valence-electron chi connectivity index (χ2n) is 12.9. The van der Waals surface area contributed by atoms with Gasteiger partial charge in [-0.15, -0.1) is 0 Å². The number of hydrogen-bond acceptors (Lipinski definition) is 2. The Hall–Kier alpha value is -0.0800. The predicted octanol–water partition coefficient (Wildman–Crippen LogP) is 6.83. The highest BCUT2D eigenvalue weighted by atomic mass is 16.3. The van der Waals surface area contributed by atoms with E-state index in [0.717, 1.165) is 42.9 Å². The molecule has 0 bridgehead atoms. The molecule has 2 N–H and O–H groups in total. The summed E-state index contributed by atoms with van der Waals surface area (Å²) in [5.74, 6) is 5.04. The minimum atomic E-state index is -0.132. The average molecular weight is 419 g/mol. The van der Waals surface area contributed by atoms with E-state index in [1.807, 2.05) is 0 Å². The van der Waals surface area contributed by atoms with Crippen LogP contribution in [-0.2, 0) is 0 Å². The lowest BCUT2D eigenvalue weighted by atomic mass is 9.44. The van der Waals surface area contributed by atoms with Crippen LogP contribution in [0.15, 0.2) is 0 Å². The van der Waals surface area contributed by atoms with Gasteiger partial charge in [0.2, 0.25) is 0 Å². The van der Waals surface area contributed by atoms with Crippen LogP contribution < -0.4 is 0 Å². The van der Waals surface area contributed by atoms with E-state index in [9.17, 15) is 10.2 Å². The van der Waals surface area contributed by atoms with Crippen molar-refractivity contribution in [2.24, 2.45) is 52.3 Å². The Morgan fingerprint density at radius 3 is 2.30 bits per heavy atom. The molecule has 2 heteroatoms. The highest BCUT2D eigenvalue weighted by Crippen LogP contribution is 2.67. The second-order valence-corrected chi connectivity index (χ2v) is 12.9. The van der Waals surface area contributed by atoms with Crippen molar-refractivity contribution in [3.63, 3.8) is 0 Å². The van der Waals surface area contributed by atoms with E-state index in [1.165, 1.54) is 57.8 Å². The zero-order valence-corrected chi connectivity index (χ0v) is 20.6. The van der Waals surface area contributed by atoms with Crippen LogP contribution in [0.3, 0.4) is 0 Å². The van der Waals surface area contributed by atoms with E-state index in [2.05, 4.69) is 34.6 Å². The number of hydrogen-bond donors (Lipinski definition) is 2. The largest absolute Gasteiger partial charge is 0.393 e. The summed E-state index contributed by atoms with van der Waals surface area (Å²) in [6.45, 7) is 12.3. The van der Waals surface area contributed by atoms with Crippen molar-refractivity contribution in [1.29, 1.82) is 0 Å². The predicted molar refractivity (Wildman–Crippen MR) is 125 cm³/mol. The molecule has 0 heterocycles. The standard InChI is InChI=1S/C28H50O2/c1-6-19(18(2)3)8-7-9-20-10-11-23-26-24(13-15-27(20,23)4)28(5)14-12-22(29)16-21(28)17-25(26)30/h18-26,29-30H,6-17H2,1-5H3/t19-,20+,21+,22?,23?,24?,25?,26+,27-,28+/m1/s1. The molecule has 4 fully saturated rings. The maximum absolute atomic E-state index is 11.4. The van der Waals surface area contributed by atoms with Gasteiger partial charge in [-0.25, -0.2) is 0 Å². The topological polar surface area (TPSA) is 40.5 Å². The minimum Gasteiger partial charge on any atom is -0.393 e. The number of aliphatic hydroxyl groups excluding tert-OH is 2. The van der Waals surface area contributed by atoms with Gasteiger partial charge in [0.1, 0.15) is 0 Å². The lowest BCUT2D eigenvalue weighted by Crippen LogP contribution is -2.58. The number of rotatable bonds is 6. The molecule has 4 rings (SSSR count). The molecule has 30 heavy (non-hydrogen) atoms. The Morgan fingerprint density at radius 2 is 1.60 bits per heavy atom. The van der Waals surface area contributed by atoms with Crippen LogP contribution in [0.4, 0.5) is 0 Å². The van der Waals surface area contributed by atoms with E-state index in [1.54, 1.807) is 0 Å². The summed E-state index contributed by atoms with van der Waals surface area (Å²) in [4.78, 5) is 0. The molecule has 0 saturated heterocycles. The zero-order chi connectivity index (χ0) is 21.7. The lowest BCUT2D eigenvalue weighted by molar-refractivity contribution is -0.172. The van der Waals surface area contributed by atoms with Crippen LogP contribution in [0.1, 0.15) is 112 Å². The first-order valence-corrected chi connectivity index (χ1v) is 13.6. The highest BCUT2D eigenvalue weighted by molar-refractivity contribution is 5.11. The molecule has 174 valence electrons. The van der Waals surface area contributed by atoms with E-state index in [-0.39, 0.29) is 12.2 Å². The summed E-state index contributed by atoms with van der Waals surface area (Å²) in [6.07, 6.45) is 14.7. The number of fused-ring (bicyclic) bond motifs is 5. The van der Waals surface area contributed by atoms with Crippen LogP contribution in [0.5, 0.6) is 0 Å². The van der Waals surface area contributed by atoms with Gasteiger partial charge in [-0.1, -0.05) is 53.9 Å². The third-order valence-electron chi connectivity index (χ3n) is 11.4. The van der Waals surface area contributed by atoms with Crippen molar-refractivity contribution in [3.8, 4) is 0 Å². The SMILES string of the molecule is CC[C@H](CCC[C@H]1CCC2[C@@H]3C(O)C[C@@H]4CC(O)CC[C@]4(C)C3CC[C@@]21C)C(C)C. The van der Waals surface area contributed by atoms with Crippen LogP contribution in [0, 0.1) is 52.3 Å². The molecular weight excluding hydrogens is 368 g/mol. The van der Waals surface area contributed by atoms with Gasteiger partial charge in [-0.05, 0) is 110 Å². The van der Waals surface area contributed by atoms with Gasteiger partial charge in [-0.3, -0.25) is 0 Å². The van der Waals surface area contributed by atoms with Crippen LogP contribution in [-0.4, -0.2) is 22.4 Å². The third kappa shape index (κ3) is 3.81. The Balaban J connectivity index is 1.45. The van der Waals surface area contributed by atoms with Crippen LogP contribution in [0.25, 0.3) is 0 Å². The van der Waals surface area contributed by atoms with Gasteiger partial charge in [-0.2, -0.15) is 0 Å². The molecule has 10 atom stereocenters. The van der Waals surface area contributed by atoms with Crippen molar-refractivity contribution >= 4 is 0 Å². The zero-order valence-electron chi connectivity index (χ0n) is 20.6. The van der Waals surface area contributed by atoms with Crippen molar-refractivity contribution in [3.05, 3.63) is 0 Å². The first-order valence-electron chi connectivity index (χ1n) is 13.6. The Bertz CT molecular complexity index is 587. The maximum Gasteiger partial charge on any atom is 0.0577 e. The van der Waals surface area contributed by atoms with Gasteiger partial charge in [0.05, 0.1) is 12.2 Å². The van der Waals surface area contributed by atoms with E-state index in [0.29, 0.717) is 28.6 Å². The van der Waals surface area contributed by atoms with E-state index >= 15 is 0 Å². The van der Waals surface area contributed by atoms with Crippen LogP contribution in [0.2, 0.25) is 0 Å². The summed E-state index contributed by atoms with van der Waals surface area (Å²) >= 11 is 0. The summed E-state index contributed by atoms with van der Waals surface area (Å²) in [5.41, 5.74) is 0.813. The Morgan fingerprint density at radius 1 is 0.900 bits per heavy atom. The normalized spacial score (nSPS) is 49.4. The fourth-order valence-corrected chi connectivity index (χ4v) is 9.42. The van der Waals surface area contributed by atoms with Crippen molar-refractivity contribution < 1.29 is 10.2 Å². The van der Waals surface area contributed by atoms with E-state index in [4.69, 9.17) is 0 Å². The fraction of sp³-hybridized carbons (Fsp3) is 1.00. The number of aliphatic hydroxyl groups is 2. The minimum absolute atomic E-state index is 0.130.